The SMILES string of the molecule is CCN(CC)CCOc1ccccc1NC(=O)c1cccc(COC)c1. The zero-order valence-electron chi connectivity index (χ0n) is 15.8. The number of nitrogens with one attached hydrogen (secondary N) is 1. The molecule has 0 radical (unpaired) electrons. The van der Waals surface area contributed by atoms with Crippen molar-refractivity contribution in [2.24, 2.45) is 0 Å². The summed E-state index contributed by atoms with van der Waals surface area (Å²) in [5.41, 5.74) is 2.23. The van der Waals surface area contributed by atoms with Gasteiger partial charge in [-0.2, -0.15) is 0 Å². The molecule has 140 valence electrons. The first kappa shape index (κ1) is 19.9. The Balaban J connectivity index is 2.02. The zero-order chi connectivity index (χ0) is 18.8. The van der Waals surface area contributed by atoms with E-state index < -0.39 is 0 Å². The third-order valence-corrected chi connectivity index (χ3v) is 4.19. The average Bonchev–Trinajstić information content (AvgIpc) is 2.67. The maximum Gasteiger partial charge on any atom is 0.255 e. The molecule has 5 nitrogen and oxygen atoms in total. The number of carbonyl (C=O) groups excluding carboxylic acids is 1. The number of benzene rings is 2. The minimum atomic E-state index is -0.164. The van der Waals surface area contributed by atoms with Crippen LogP contribution >= 0.6 is 0 Å². The molecule has 0 atom stereocenters. The van der Waals surface area contributed by atoms with E-state index in [4.69, 9.17) is 9.47 Å². The van der Waals surface area contributed by atoms with Crippen molar-refractivity contribution in [1.82, 2.24) is 4.90 Å². The molecule has 0 heterocycles. The number of carbonyl (C=O) groups is 1. The molecule has 0 aliphatic rings. The Labute approximate surface area is 155 Å². The summed E-state index contributed by atoms with van der Waals surface area (Å²) in [6, 6.07) is 14.9. The second-order valence-electron chi connectivity index (χ2n) is 5.96. The Kier molecular flexibility index (Phi) is 8.12. The van der Waals surface area contributed by atoms with Crippen molar-refractivity contribution in [1.29, 1.82) is 0 Å². The summed E-state index contributed by atoms with van der Waals surface area (Å²) < 4.78 is 11.0. The summed E-state index contributed by atoms with van der Waals surface area (Å²) >= 11 is 0. The molecule has 0 saturated heterocycles. The molecule has 0 aliphatic heterocycles. The van der Waals surface area contributed by atoms with Gasteiger partial charge in [-0.15, -0.1) is 0 Å². The molecule has 2 rings (SSSR count). The van der Waals surface area contributed by atoms with E-state index in [0.717, 1.165) is 25.2 Å². The number of methoxy groups -OCH3 is 1. The molecule has 0 aliphatic carbocycles. The van der Waals surface area contributed by atoms with Crippen molar-refractivity contribution < 1.29 is 14.3 Å². The summed E-state index contributed by atoms with van der Waals surface area (Å²) in [6.07, 6.45) is 0. The Morgan fingerprint density at radius 2 is 1.85 bits per heavy atom. The second kappa shape index (κ2) is 10.6. The topological polar surface area (TPSA) is 50.8 Å². The highest BCUT2D eigenvalue weighted by atomic mass is 16.5. The van der Waals surface area contributed by atoms with Gasteiger partial charge in [0.05, 0.1) is 12.3 Å². The quantitative estimate of drug-likeness (QED) is 0.703. The lowest BCUT2D eigenvalue weighted by atomic mass is 10.1. The summed E-state index contributed by atoms with van der Waals surface area (Å²) in [6.45, 7) is 8.18. The van der Waals surface area contributed by atoms with Gasteiger partial charge in [-0.1, -0.05) is 38.1 Å². The number of para-hydroxylation sites is 2. The molecule has 0 saturated carbocycles. The van der Waals surface area contributed by atoms with Crippen LogP contribution in [0.4, 0.5) is 5.69 Å². The van der Waals surface area contributed by atoms with Crippen LogP contribution in [0.1, 0.15) is 29.8 Å². The fourth-order valence-corrected chi connectivity index (χ4v) is 2.68. The van der Waals surface area contributed by atoms with Crippen LogP contribution in [0, 0.1) is 0 Å². The number of rotatable bonds is 10. The standard InChI is InChI=1S/C21H28N2O3/c1-4-23(5-2)13-14-26-20-12-7-6-11-19(20)22-21(24)18-10-8-9-17(15-18)16-25-3/h6-12,15H,4-5,13-14,16H2,1-3H3,(H,22,24). The number of ether oxygens (including phenoxy) is 2. The van der Waals surface area contributed by atoms with Gasteiger partial charge >= 0.3 is 0 Å². The number of hydrogen-bond donors (Lipinski definition) is 1. The van der Waals surface area contributed by atoms with Crippen molar-refractivity contribution in [2.75, 3.05) is 38.7 Å². The number of nitrogens with zero attached hydrogens (tertiary/aromatic N) is 1. The average molecular weight is 356 g/mol. The molecule has 2 aromatic rings. The molecule has 0 aromatic heterocycles. The van der Waals surface area contributed by atoms with Gasteiger partial charge < -0.3 is 19.7 Å². The summed E-state index contributed by atoms with van der Waals surface area (Å²) in [5.74, 6) is 0.517. The van der Waals surface area contributed by atoms with E-state index in [1.54, 1.807) is 13.2 Å². The predicted octanol–water partition coefficient (Wildman–Crippen LogP) is 3.81. The number of hydrogen-bond acceptors (Lipinski definition) is 4. The fraction of sp³-hybridized carbons (Fsp3) is 0.381. The number of anilines is 1. The van der Waals surface area contributed by atoms with E-state index in [-0.39, 0.29) is 5.91 Å². The predicted molar refractivity (Wildman–Crippen MR) is 105 cm³/mol. The molecule has 0 bridgehead atoms. The van der Waals surface area contributed by atoms with Gasteiger partial charge in [0.1, 0.15) is 12.4 Å². The van der Waals surface area contributed by atoms with Crippen molar-refractivity contribution in [3.63, 3.8) is 0 Å². The van der Waals surface area contributed by atoms with Gasteiger partial charge in [-0.3, -0.25) is 4.79 Å². The van der Waals surface area contributed by atoms with Crippen LogP contribution in [0.3, 0.4) is 0 Å². The van der Waals surface area contributed by atoms with Crippen molar-refractivity contribution >= 4 is 11.6 Å². The Morgan fingerprint density at radius 1 is 1.08 bits per heavy atom. The van der Waals surface area contributed by atoms with E-state index >= 15 is 0 Å². The number of likely N-dealkylation sites (N-methyl/N-ethyl adjacent to an activating group) is 1. The first-order valence-corrected chi connectivity index (χ1v) is 9.01. The maximum atomic E-state index is 12.6. The van der Waals surface area contributed by atoms with Crippen LogP contribution in [0.25, 0.3) is 0 Å². The first-order valence-electron chi connectivity index (χ1n) is 9.01. The molecular weight excluding hydrogens is 328 g/mol. The Morgan fingerprint density at radius 3 is 2.58 bits per heavy atom. The van der Waals surface area contributed by atoms with Gasteiger partial charge in [-0.05, 0) is 42.9 Å². The normalized spacial score (nSPS) is 10.8. The van der Waals surface area contributed by atoms with E-state index in [1.165, 1.54) is 0 Å². The van der Waals surface area contributed by atoms with E-state index in [0.29, 0.717) is 30.2 Å². The molecule has 0 unspecified atom stereocenters. The molecule has 0 fully saturated rings. The molecule has 1 amide bonds. The van der Waals surface area contributed by atoms with Gasteiger partial charge in [0.25, 0.3) is 5.91 Å². The molecule has 5 heteroatoms. The van der Waals surface area contributed by atoms with Crippen LogP contribution in [-0.4, -0.2) is 44.2 Å². The zero-order valence-corrected chi connectivity index (χ0v) is 15.8. The fourth-order valence-electron chi connectivity index (χ4n) is 2.68. The van der Waals surface area contributed by atoms with Crippen LogP contribution in [-0.2, 0) is 11.3 Å². The highest BCUT2D eigenvalue weighted by Gasteiger charge is 2.11. The van der Waals surface area contributed by atoms with Gasteiger partial charge in [0, 0.05) is 19.2 Å². The third kappa shape index (κ3) is 5.86. The highest BCUT2D eigenvalue weighted by molar-refractivity contribution is 6.05. The van der Waals surface area contributed by atoms with Crippen molar-refractivity contribution in [3.05, 3.63) is 59.7 Å². The lowest BCUT2D eigenvalue weighted by molar-refractivity contribution is 0.102. The number of amides is 1. The summed E-state index contributed by atoms with van der Waals surface area (Å²) in [4.78, 5) is 14.9. The second-order valence-corrected chi connectivity index (χ2v) is 5.96. The lowest BCUT2D eigenvalue weighted by Gasteiger charge is -2.19. The van der Waals surface area contributed by atoms with Crippen molar-refractivity contribution in [2.45, 2.75) is 20.5 Å². The maximum absolute atomic E-state index is 12.6. The minimum Gasteiger partial charge on any atom is -0.490 e. The molecular formula is C21H28N2O3. The molecule has 1 N–H and O–H groups in total. The van der Waals surface area contributed by atoms with Crippen LogP contribution in [0.15, 0.2) is 48.5 Å². The van der Waals surface area contributed by atoms with E-state index in [1.807, 2.05) is 42.5 Å². The summed E-state index contributed by atoms with van der Waals surface area (Å²) in [7, 11) is 1.64. The summed E-state index contributed by atoms with van der Waals surface area (Å²) in [5, 5.41) is 2.94. The van der Waals surface area contributed by atoms with Gasteiger partial charge in [0.2, 0.25) is 0 Å². The van der Waals surface area contributed by atoms with Gasteiger partial charge in [0.15, 0.2) is 0 Å². The van der Waals surface area contributed by atoms with Crippen molar-refractivity contribution in [3.8, 4) is 5.75 Å². The first-order chi connectivity index (χ1) is 12.7. The monoisotopic (exact) mass is 356 g/mol. The van der Waals surface area contributed by atoms with E-state index in [9.17, 15) is 4.79 Å². The molecule has 26 heavy (non-hydrogen) atoms. The van der Waals surface area contributed by atoms with Crippen LogP contribution in [0.2, 0.25) is 0 Å². The Hall–Kier alpha value is -2.37. The van der Waals surface area contributed by atoms with Gasteiger partial charge in [-0.25, -0.2) is 0 Å². The van der Waals surface area contributed by atoms with E-state index in [2.05, 4.69) is 24.1 Å². The third-order valence-electron chi connectivity index (χ3n) is 4.19. The smallest absolute Gasteiger partial charge is 0.255 e. The highest BCUT2D eigenvalue weighted by Crippen LogP contribution is 2.24. The Bertz CT molecular complexity index is 699. The van der Waals surface area contributed by atoms with Crippen LogP contribution < -0.4 is 10.1 Å². The van der Waals surface area contributed by atoms with Crippen LogP contribution in [0.5, 0.6) is 5.75 Å². The largest absolute Gasteiger partial charge is 0.490 e. The minimum absolute atomic E-state index is 0.164. The molecule has 2 aromatic carbocycles. The lowest BCUT2D eigenvalue weighted by Crippen LogP contribution is -2.28. The molecule has 0 spiro atoms.